The number of carboxylic acid groups (broad SMARTS) is 2. The zero-order chi connectivity index (χ0) is 38.5. The molecule has 0 radical (unpaired) electrons. The molecule has 6 nitrogen and oxygen atoms in total. The zero-order valence-electron chi connectivity index (χ0n) is 32.0. The van der Waals surface area contributed by atoms with Crippen LogP contribution in [-0.4, -0.2) is 22.2 Å². The molecule has 274 valence electrons. The van der Waals surface area contributed by atoms with Gasteiger partial charge in [-0.15, -0.1) is 0 Å². The fourth-order valence-electron chi connectivity index (χ4n) is 6.88. The number of hydrogen-bond donors (Lipinski definition) is 2. The van der Waals surface area contributed by atoms with E-state index in [1.54, 1.807) is 0 Å². The van der Waals surface area contributed by atoms with E-state index in [0.29, 0.717) is 12.8 Å². The molecule has 0 atom stereocenters. The highest BCUT2D eigenvalue weighted by Gasteiger charge is 2.19. The fourth-order valence-corrected chi connectivity index (χ4v) is 6.88. The van der Waals surface area contributed by atoms with Crippen molar-refractivity contribution >= 4 is 46.1 Å². The summed E-state index contributed by atoms with van der Waals surface area (Å²) in [6, 6.07) is 42.7. The lowest BCUT2D eigenvalue weighted by Crippen LogP contribution is -2.12. The Balaban J connectivity index is 1.35. The number of hydrogen-bond acceptors (Lipinski definition) is 4. The van der Waals surface area contributed by atoms with Gasteiger partial charge >= 0.3 is 11.9 Å². The topological polar surface area (TPSA) is 81.1 Å². The largest absolute Gasteiger partial charge is 0.481 e. The van der Waals surface area contributed by atoms with Gasteiger partial charge < -0.3 is 20.0 Å². The molecule has 0 saturated carbocycles. The summed E-state index contributed by atoms with van der Waals surface area (Å²) in [5.41, 5.74) is 17.7. The van der Waals surface area contributed by atoms with Gasteiger partial charge in [-0.05, 0) is 183 Å². The van der Waals surface area contributed by atoms with E-state index in [2.05, 4.69) is 148 Å². The fraction of sp³-hybridized carbons (Fsp3) is 0.208. The van der Waals surface area contributed by atoms with Crippen molar-refractivity contribution in [2.24, 2.45) is 0 Å². The average molecular weight is 717 g/mol. The molecule has 6 rings (SSSR count). The molecule has 0 bridgehead atoms. The minimum atomic E-state index is -0.795. The van der Waals surface area contributed by atoms with E-state index in [9.17, 15) is 19.8 Å². The maximum absolute atomic E-state index is 11.2. The lowest BCUT2D eigenvalue weighted by molar-refractivity contribution is -0.138. The molecule has 0 heterocycles. The molecule has 0 aliphatic heterocycles. The second-order valence-corrected chi connectivity index (χ2v) is 14.3. The quantitative estimate of drug-likeness (QED) is 0.124. The standard InChI is InChI=1S/C48H48N2O4/c1-31-7-17-43(29-33(31)3)49(41-19-9-37(10-20-41)13-25-47(51)52)45-23-15-39(27-35(45)5)40-16-24-46(36(6)28-40)50(44-18-8-32(2)34(4)30-44)42-21-11-38(12-22-42)14-26-48(53)54/h7-12,15-24,27-30H,13-14,25-26H2,1-6H3,(H,51,52)(H,53,54). The van der Waals surface area contributed by atoms with Crippen LogP contribution in [0.1, 0.15) is 57.3 Å². The number of anilines is 6. The second kappa shape index (κ2) is 16.3. The van der Waals surface area contributed by atoms with Gasteiger partial charge in [0.05, 0.1) is 0 Å². The van der Waals surface area contributed by atoms with Crippen LogP contribution < -0.4 is 9.80 Å². The van der Waals surface area contributed by atoms with E-state index in [4.69, 9.17) is 0 Å². The molecule has 0 aromatic heterocycles. The van der Waals surface area contributed by atoms with Gasteiger partial charge in [-0.3, -0.25) is 9.59 Å². The Kier molecular flexibility index (Phi) is 11.3. The van der Waals surface area contributed by atoms with Crippen molar-refractivity contribution in [3.05, 3.63) is 166 Å². The number of carbonyl (C=O) groups is 2. The minimum absolute atomic E-state index is 0.105. The summed E-state index contributed by atoms with van der Waals surface area (Å²) in [7, 11) is 0. The Morgan fingerprint density at radius 1 is 0.407 bits per heavy atom. The molecule has 0 fully saturated rings. The Morgan fingerprint density at radius 2 is 0.759 bits per heavy atom. The Morgan fingerprint density at radius 3 is 1.07 bits per heavy atom. The smallest absolute Gasteiger partial charge is 0.303 e. The molecule has 0 spiro atoms. The second-order valence-electron chi connectivity index (χ2n) is 14.3. The van der Waals surface area contributed by atoms with Gasteiger partial charge in [0.2, 0.25) is 0 Å². The first-order valence-corrected chi connectivity index (χ1v) is 18.5. The number of aliphatic carboxylic acids is 2. The zero-order valence-corrected chi connectivity index (χ0v) is 32.0. The van der Waals surface area contributed by atoms with Gasteiger partial charge in [0.1, 0.15) is 0 Å². The van der Waals surface area contributed by atoms with E-state index in [1.165, 1.54) is 22.3 Å². The number of aryl methyl sites for hydroxylation is 8. The SMILES string of the molecule is Cc1ccc(N(c2ccc(CCC(=O)O)cc2)c2ccc(-c3ccc(N(c4ccc(CCC(=O)O)cc4)c4ccc(C)c(C)c4)c(C)c3)cc2C)cc1C. The van der Waals surface area contributed by atoms with Gasteiger partial charge in [0, 0.05) is 47.0 Å². The van der Waals surface area contributed by atoms with E-state index >= 15 is 0 Å². The highest BCUT2D eigenvalue weighted by molar-refractivity contribution is 5.84. The van der Waals surface area contributed by atoms with Crippen LogP contribution in [0.15, 0.2) is 121 Å². The molecule has 54 heavy (non-hydrogen) atoms. The van der Waals surface area contributed by atoms with Crippen molar-refractivity contribution in [1.82, 2.24) is 0 Å². The molecule has 0 aliphatic rings. The molecular weight excluding hydrogens is 669 g/mol. The van der Waals surface area contributed by atoms with Crippen LogP contribution in [0.4, 0.5) is 34.1 Å². The minimum Gasteiger partial charge on any atom is -0.481 e. The predicted molar refractivity (Wildman–Crippen MR) is 222 cm³/mol. The van der Waals surface area contributed by atoms with Crippen LogP contribution in [-0.2, 0) is 22.4 Å². The van der Waals surface area contributed by atoms with Crippen LogP contribution in [0.3, 0.4) is 0 Å². The van der Waals surface area contributed by atoms with Crippen LogP contribution in [0.5, 0.6) is 0 Å². The molecule has 6 aromatic rings. The molecular formula is C48H48N2O4. The van der Waals surface area contributed by atoms with Gasteiger partial charge in [-0.25, -0.2) is 0 Å². The number of nitrogens with zero attached hydrogens (tertiary/aromatic N) is 2. The third kappa shape index (κ3) is 8.56. The highest BCUT2D eigenvalue weighted by Crippen LogP contribution is 2.41. The van der Waals surface area contributed by atoms with Gasteiger partial charge in [-0.1, -0.05) is 48.5 Å². The van der Waals surface area contributed by atoms with Crippen LogP contribution in [0.25, 0.3) is 11.1 Å². The Hall–Kier alpha value is -6.14. The van der Waals surface area contributed by atoms with Crippen LogP contribution >= 0.6 is 0 Å². The molecule has 0 saturated heterocycles. The normalized spacial score (nSPS) is 11.0. The average Bonchev–Trinajstić information content (AvgIpc) is 3.15. The van der Waals surface area contributed by atoms with E-state index in [0.717, 1.165) is 67.5 Å². The molecule has 2 N–H and O–H groups in total. The summed E-state index contributed by atoms with van der Waals surface area (Å²) >= 11 is 0. The summed E-state index contributed by atoms with van der Waals surface area (Å²) < 4.78 is 0. The molecule has 0 aliphatic carbocycles. The van der Waals surface area contributed by atoms with Crippen molar-refractivity contribution in [2.75, 3.05) is 9.80 Å². The lowest BCUT2D eigenvalue weighted by Gasteiger charge is -2.29. The lowest BCUT2D eigenvalue weighted by atomic mass is 9.98. The highest BCUT2D eigenvalue weighted by atomic mass is 16.4. The molecule has 0 unspecified atom stereocenters. The van der Waals surface area contributed by atoms with Crippen molar-refractivity contribution in [3.8, 4) is 11.1 Å². The van der Waals surface area contributed by atoms with Crippen molar-refractivity contribution in [2.45, 2.75) is 67.2 Å². The van der Waals surface area contributed by atoms with Gasteiger partial charge in [0.15, 0.2) is 0 Å². The van der Waals surface area contributed by atoms with Gasteiger partial charge in [0.25, 0.3) is 0 Å². The third-order valence-electron chi connectivity index (χ3n) is 10.4. The first-order chi connectivity index (χ1) is 25.9. The summed E-state index contributed by atoms with van der Waals surface area (Å²) in [4.78, 5) is 26.9. The van der Waals surface area contributed by atoms with Crippen molar-refractivity contribution in [1.29, 1.82) is 0 Å². The molecule has 0 amide bonds. The number of carboxylic acids is 2. The number of rotatable bonds is 13. The van der Waals surface area contributed by atoms with E-state index in [1.807, 2.05) is 24.3 Å². The third-order valence-corrected chi connectivity index (χ3v) is 10.4. The first-order valence-electron chi connectivity index (χ1n) is 18.5. The molecule has 6 aromatic carbocycles. The summed E-state index contributed by atoms with van der Waals surface area (Å²) in [6.07, 6.45) is 1.20. The maximum atomic E-state index is 11.2. The Labute approximate surface area is 319 Å². The van der Waals surface area contributed by atoms with E-state index in [-0.39, 0.29) is 12.8 Å². The van der Waals surface area contributed by atoms with Crippen LogP contribution in [0.2, 0.25) is 0 Å². The Bertz CT molecular complexity index is 2140. The van der Waals surface area contributed by atoms with E-state index < -0.39 is 11.9 Å². The first kappa shape index (κ1) is 37.6. The molecule has 6 heteroatoms. The summed E-state index contributed by atoms with van der Waals surface area (Å²) in [5.74, 6) is -1.59. The van der Waals surface area contributed by atoms with Crippen molar-refractivity contribution in [3.63, 3.8) is 0 Å². The van der Waals surface area contributed by atoms with Crippen molar-refractivity contribution < 1.29 is 19.8 Å². The number of benzene rings is 6. The predicted octanol–water partition coefficient (Wildman–Crippen LogP) is 12.2. The van der Waals surface area contributed by atoms with Crippen LogP contribution in [0, 0.1) is 41.5 Å². The van der Waals surface area contributed by atoms with Gasteiger partial charge in [-0.2, -0.15) is 0 Å². The maximum Gasteiger partial charge on any atom is 0.303 e. The monoisotopic (exact) mass is 716 g/mol. The summed E-state index contributed by atoms with van der Waals surface area (Å²) in [6.45, 7) is 12.8. The summed E-state index contributed by atoms with van der Waals surface area (Å²) in [5, 5.41) is 18.4.